The van der Waals surface area contributed by atoms with E-state index in [1.165, 1.54) is 11.0 Å². The summed E-state index contributed by atoms with van der Waals surface area (Å²) in [7, 11) is 3.30. The maximum atomic E-state index is 12.8. The van der Waals surface area contributed by atoms with E-state index in [0.717, 1.165) is 25.0 Å². The predicted octanol–water partition coefficient (Wildman–Crippen LogP) is 3.88. The Hall–Kier alpha value is -1.52. The van der Waals surface area contributed by atoms with Gasteiger partial charge in [-0.1, -0.05) is 26.0 Å². The average Bonchev–Trinajstić information content (AvgIpc) is 2.59. The molecule has 0 bridgehead atoms. The van der Waals surface area contributed by atoms with Crippen LogP contribution in [0.25, 0.3) is 0 Å². The van der Waals surface area contributed by atoms with Crippen molar-refractivity contribution in [3.63, 3.8) is 0 Å². The van der Waals surface area contributed by atoms with Crippen molar-refractivity contribution in [2.45, 2.75) is 39.4 Å². The molecule has 0 unspecified atom stereocenters. The SMILES string of the molecule is CC(C)CCCNC(=NCc1cccc(C(F)(F)F)c1)NCC(=O)N(C)C.I. The predicted molar refractivity (Wildman–Crippen MR) is 117 cm³/mol. The first-order valence-electron chi connectivity index (χ1n) is 8.98. The summed E-state index contributed by atoms with van der Waals surface area (Å²) in [5.74, 6) is 0.873. The van der Waals surface area contributed by atoms with Crippen LogP contribution in [0.4, 0.5) is 13.2 Å². The molecule has 0 aliphatic heterocycles. The van der Waals surface area contributed by atoms with Crippen LogP contribution in [0.3, 0.4) is 0 Å². The summed E-state index contributed by atoms with van der Waals surface area (Å²) in [5, 5.41) is 6.06. The maximum absolute atomic E-state index is 12.8. The van der Waals surface area contributed by atoms with Crippen LogP contribution < -0.4 is 10.6 Å². The zero-order valence-electron chi connectivity index (χ0n) is 16.8. The first-order valence-corrected chi connectivity index (χ1v) is 8.98. The Morgan fingerprint density at radius 3 is 2.46 bits per heavy atom. The Labute approximate surface area is 182 Å². The van der Waals surface area contributed by atoms with E-state index in [9.17, 15) is 18.0 Å². The third-order valence-corrected chi connectivity index (χ3v) is 3.83. The quantitative estimate of drug-likeness (QED) is 0.240. The standard InChI is InChI=1S/C19H29F3N4O.HI/c1-14(2)7-6-10-23-18(25-13-17(27)26(3)4)24-12-15-8-5-9-16(11-15)19(20,21)22;/h5,8-9,11,14H,6-7,10,12-13H2,1-4H3,(H2,23,24,25);1H. The molecular formula is C19H30F3IN4O. The molecule has 0 radical (unpaired) electrons. The van der Waals surface area contributed by atoms with Crippen molar-refractivity contribution < 1.29 is 18.0 Å². The van der Waals surface area contributed by atoms with E-state index in [1.807, 2.05) is 0 Å². The van der Waals surface area contributed by atoms with E-state index >= 15 is 0 Å². The Bertz CT molecular complexity index is 634. The fourth-order valence-electron chi connectivity index (χ4n) is 2.23. The van der Waals surface area contributed by atoms with Crippen LogP contribution >= 0.6 is 24.0 Å². The van der Waals surface area contributed by atoms with Crippen LogP contribution in [0.15, 0.2) is 29.3 Å². The number of carbonyl (C=O) groups is 1. The molecule has 5 nitrogen and oxygen atoms in total. The highest BCUT2D eigenvalue weighted by Gasteiger charge is 2.30. The van der Waals surface area contributed by atoms with Crippen molar-refractivity contribution in [3.8, 4) is 0 Å². The minimum absolute atomic E-state index is 0. The molecule has 0 saturated carbocycles. The molecule has 0 atom stereocenters. The first kappa shape index (κ1) is 26.5. The van der Waals surface area contributed by atoms with Gasteiger partial charge in [-0.15, -0.1) is 24.0 Å². The number of rotatable bonds is 8. The molecule has 1 aromatic rings. The summed E-state index contributed by atoms with van der Waals surface area (Å²) < 4.78 is 38.5. The van der Waals surface area contributed by atoms with E-state index < -0.39 is 11.7 Å². The number of hydrogen-bond donors (Lipinski definition) is 2. The van der Waals surface area contributed by atoms with Crippen molar-refractivity contribution in [2.24, 2.45) is 10.9 Å². The fourth-order valence-corrected chi connectivity index (χ4v) is 2.23. The number of likely N-dealkylation sites (N-methyl/N-ethyl adjacent to an activating group) is 1. The van der Waals surface area contributed by atoms with Gasteiger partial charge < -0.3 is 15.5 Å². The second kappa shape index (κ2) is 12.8. The number of nitrogens with zero attached hydrogens (tertiary/aromatic N) is 2. The summed E-state index contributed by atoms with van der Waals surface area (Å²) in [6.45, 7) is 5.08. The van der Waals surface area contributed by atoms with Gasteiger partial charge in [0.25, 0.3) is 0 Å². The van der Waals surface area contributed by atoms with Gasteiger partial charge in [0.1, 0.15) is 0 Å². The summed E-state index contributed by atoms with van der Waals surface area (Å²) in [6, 6.07) is 5.09. The number of carbonyl (C=O) groups excluding carboxylic acids is 1. The molecule has 0 spiro atoms. The van der Waals surface area contributed by atoms with Crippen LogP contribution in [-0.2, 0) is 17.5 Å². The highest BCUT2D eigenvalue weighted by Crippen LogP contribution is 2.29. The first-order chi connectivity index (χ1) is 12.6. The maximum Gasteiger partial charge on any atom is 0.416 e. The Kier molecular flexibility index (Phi) is 12.1. The highest BCUT2D eigenvalue weighted by atomic mass is 127. The lowest BCUT2D eigenvalue weighted by Crippen LogP contribution is -2.43. The van der Waals surface area contributed by atoms with Gasteiger partial charge in [-0.05, 0) is 36.5 Å². The minimum atomic E-state index is -4.38. The molecule has 2 N–H and O–H groups in total. The van der Waals surface area contributed by atoms with Crippen molar-refractivity contribution in [1.82, 2.24) is 15.5 Å². The van der Waals surface area contributed by atoms with Gasteiger partial charge in [0, 0.05) is 20.6 Å². The summed E-state index contributed by atoms with van der Waals surface area (Å²) in [5.41, 5.74) is -0.246. The summed E-state index contributed by atoms with van der Waals surface area (Å²) >= 11 is 0. The summed E-state index contributed by atoms with van der Waals surface area (Å²) in [4.78, 5) is 17.5. The van der Waals surface area contributed by atoms with E-state index in [4.69, 9.17) is 0 Å². The molecule has 1 amide bonds. The molecule has 160 valence electrons. The Morgan fingerprint density at radius 1 is 1.21 bits per heavy atom. The average molecular weight is 514 g/mol. The number of alkyl halides is 3. The van der Waals surface area contributed by atoms with Gasteiger partial charge in [-0.3, -0.25) is 4.79 Å². The number of hydrogen-bond acceptors (Lipinski definition) is 2. The lowest BCUT2D eigenvalue weighted by atomic mass is 10.1. The van der Waals surface area contributed by atoms with Crippen molar-refractivity contribution in [2.75, 3.05) is 27.2 Å². The zero-order valence-corrected chi connectivity index (χ0v) is 19.1. The van der Waals surface area contributed by atoms with E-state index in [2.05, 4.69) is 29.5 Å². The summed E-state index contributed by atoms with van der Waals surface area (Å²) in [6.07, 6.45) is -2.40. The Morgan fingerprint density at radius 2 is 1.89 bits per heavy atom. The van der Waals surface area contributed by atoms with Gasteiger partial charge in [-0.2, -0.15) is 13.2 Å². The third-order valence-electron chi connectivity index (χ3n) is 3.83. The fraction of sp³-hybridized carbons (Fsp3) is 0.579. The van der Waals surface area contributed by atoms with Gasteiger partial charge in [-0.25, -0.2) is 4.99 Å². The van der Waals surface area contributed by atoms with E-state index in [-0.39, 0.29) is 43.0 Å². The molecule has 0 aromatic heterocycles. The van der Waals surface area contributed by atoms with Crippen LogP contribution in [0, 0.1) is 5.92 Å². The highest BCUT2D eigenvalue weighted by molar-refractivity contribution is 14.0. The number of halogens is 4. The van der Waals surface area contributed by atoms with Crippen LogP contribution in [0.2, 0.25) is 0 Å². The van der Waals surface area contributed by atoms with Crippen molar-refractivity contribution >= 4 is 35.8 Å². The van der Waals surface area contributed by atoms with Crippen LogP contribution in [0.1, 0.15) is 37.8 Å². The second-order valence-corrected chi connectivity index (χ2v) is 6.97. The van der Waals surface area contributed by atoms with Crippen LogP contribution in [-0.4, -0.2) is 44.0 Å². The zero-order chi connectivity index (χ0) is 20.4. The van der Waals surface area contributed by atoms with Crippen molar-refractivity contribution in [3.05, 3.63) is 35.4 Å². The van der Waals surface area contributed by atoms with Gasteiger partial charge in [0.05, 0.1) is 18.7 Å². The molecule has 0 saturated heterocycles. The smallest absolute Gasteiger partial charge is 0.356 e. The molecule has 9 heteroatoms. The molecule has 0 aliphatic carbocycles. The normalized spacial score (nSPS) is 11.8. The Balaban J connectivity index is 0.00000729. The second-order valence-electron chi connectivity index (χ2n) is 6.97. The largest absolute Gasteiger partial charge is 0.416 e. The molecule has 1 aromatic carbocycles. The molecule has 28 heavy (non-hydrogen) atoms. The molecule has 0 heterocycles. The monoisotopic (exact) mass is 514 g/mol. The van der Waals surface area contributed by atoms with Gasteiger partial charge >= 0.3 is 6.18 Å². The molecule has 0 fully saturated rings. The number of amides is 1. The molecule has 0 aliphatic rings. The number of aliphatic imine (C=N–C) groups is 1. The lowest BCUT2D eigenvalue weighted by Gasteiger charge is -2.15. The molecular weight excluding hydrogens is 484 g/mol. The van der Waals surface area contributed by atoms with E-state index in [1.54, 1.807) is 20.2 Å². The number of guanidine groups is 1. The minimum Gasteiger partial charge on any atom is -0.356 e. The molecule has 1 rings (SSSR count). The third kappa shape index (κ3) is 10.7. The van der Waals surface area contributed by atoms with Gasteiger partial charge in [0.2, 0.25) is 5.91 Å². The number of nitrogens with one attached hydrogen (secondary N) is 2. The van der Waals surface area contributed by atoms with Crippen LogP contribution in [0.5, 0.6) is 0 Å². The number of benzene rings is 1. The topological polar surface area (TPSA) is 56.7 Å². The van der Waals surface area contributed by atoms with E-state index in [0.29, 0.717) is 24.0 Å². The van der Waals surface area contributed by atoms with Crippen molar-refractivity contribution in [1.29, 1.82) is 0 Å². The van der Waals surface area contributed by atoms with Gasteiger partial charge in [0.15, 0.2) is 5.96 Å². The lowest BCUT2D eigenvalue weighted by molar-refractivity contribution is -0.137.